The van der Waals surface area contributed by atoms with Crippen LogP contribution in [0, 0.1) is 17.8 Å². The highest BCUT2D eigenvalue weighted by Gasteiger charge is 2.43. The van der Waals surface area contributed by atoms with Gasteiger partial charge in [0.1, 0.15) is 6.61 Å². The third-order valence-corrected chi connectivity index (χ3v) is 4.29. The molecule has 92 valence electrons. The molecule has 2 fully saturated rings. The van der Waals surface area contributed by atoms with Crippen molar-refractivity contribution >= 4 is 16.1 Å². The molecule has 0 amide bonds. The first-order valence-corrected chi connectivity index (χ1v) is 7.13. The standard InChI is InChI=1S/C10H16O5S/c11-10(15-3-4-16(12,13)14)9-6-7-1-2-8(9)5-7/h7-9H,1-6H2,(H,12,13,14)/p-1. The Kier molecular flexibility index (Phi) is 3.21. The summed E-state index contributed by atoms with van der Waals surface area (Å²) >= 11 is 0. The molecule has 2 bridgehead atoms. The minimum absolute atomic E-state index is 0.0619. The summed E-state index contributed by atoms with van der Waals surface area (Å²) in [5.74, 6) is 0.0515. The number of esters is 1. The van der Waals surface area contributed by atoms with Crippen molar-refractivity contribution in [2.24, 2.45) is 17.8 Å². The molecule has 5 nitrogen and oxygen atoms in total. The number of carbonyl (C=O) groups is 1. The molecule has 0 aromatic heterocycles. The van der Waals surface area contributed by atoms with Gasteiger partial charge in [0.15, 0.2) is 0 Å². The summed E-state index contributed by atoms with van der Waals surface area (Å²) < 4.78 is 35.8. The molecule has 0 radical (unpaired) electrons. The summed E-state index contributed by atoms with van der Waals surface area (Å²) in [4.78, 5) is 11.6. The second-order valence-electron chi connectivity index (χ2n) is 4.71. The van der Waals surface area contributed by atoms with Crippen LogP contribution in [0.2, 0.25) is 0 Å². The summed E-state index contributed by atoms with van der Waals surface area (Å²) in [7, 11) is -4.28. The van der Waals surface area contributed by atoms with Crippen LogP contribution in [0.4, 0.5) is 0 Å². The number of hydrogen-bond donors (Lipinski definition) is 0. The first-order valence-electron chi connectivity index (χ1n) is 5.56. The first-order chi connectivity index (χ1) is 7.46. The highest BCUT2D eigenvalue weighted by atomic mass is 32.2. The third kappa shape index (κ3) is 2.74. The van der Waals surface area contributed by atoms with Crippen molar-refractivity contribution in [1.29, 1.82) is 0 Å². The van der Waals surface area contributed by atoms with E-state index >= 15 is 0 Å². The number of rotatable bonds is 4. The van der Waals surface area contributed by atoms with Crippen LogP contribution in [0.3, 0.4) is 0 Å². The molecule has 3 unspecified atom stereocenters. The lowest BCUT2D eigenvalue weighted by Gasteiger charge is -2.20. The van der Waals surface area contributed by atoms with Crippen molar-refractivity contribution in [3.63, 3.8) is 0 Å². The monoisotopic (exact) mass is 247 g/mol. The van der Waals surface area contributed by atoms with Gasteiger partial charge in [0.25, 0.3) is 0 Å². The summed E-state index contributed by atoms with van der Waals surface area (Å²) in [5, 5.41) is 0. The lowest BCUT2D eigenvalue weighted by molar-refractivity contribution is -0.149. The molecule has 2 aliphatic rings. The van der Waals surface area contributed by atoms with Gasteiger partial charge in [-0.1, -0.05) is 6.42 Å². The Balaban J connectivity index is 1.77. The van der Waals surface area contributed by atoms with Gasteiger partial charge in [-0.2, -0.15) is 0 Å². The summed E-state index contributed by atoms with van der Waals surface area (Å²) in [6, 6.07) is 0. The van der Waals surface area contributed by atoms with E-state index in [1.165, 1.54) is 6.42 Å². The van der Waals surface area contributed by atoms with Gasteiger partial charge in [-0.05, 0) is 31.1 Å². The fourth-order valence-corrected chi connectivity index (χ4v) is 3.17. The zero-order chi connectivity index (χ0) is 11.8. The maximum absolute atomic E-state index is 11.6. The van der Waals surface area contributed by atoms with E-state index in [1.807, 2.05) is 0 Å². The van der Waals surface area contributed by atoms with Gasteiger partial charge in [0.05, 0.1) is 21.8 Å². The van der Waals surface area contributed by atoms with E-state index < -0.39 is 15.9 Å². The van der Waals surface area contributed by atoms with E-state index in [-0.39, 0.29) is 18.5 Å². The van der Waals surface area contributed by atoms with E-state index in [1.54, 1.807) is 0 Å². The van der Waals surface area contributed by atoms with Crippen molar-refractivity contribution in [3.8, 4) is 0 Å². The van der Waals surface area contributed by atoms with E-state index in [0.29, 0.717) is 11.8 Å². The molecule has 3 atom stereocenters. The van der Waals surface area contributed by atoms with Gasteiger partial charge >= 0.3 is 5.97 Å². The Morgan fingerprint density at radius 2 is 2.06 bits per heavy atom. The van der Waals surface area contributed by atoms with Crippen molar-refractivity contribution in [3.05, 3.63) is 0 Å². The van der Waals surface area contributed by atoms with Crippen LogP contribution in [0.5, 0.6) is 0 Å². The van der Waals surface area contributed by atoms with Crippen molar-refractivity contribution < 1.29 is 22.5 Å². The van der Waals surface area contributed by atoms with Gasteiger partial charge < -0.3 is 9.29 Å². The Hall–Kier alpha value is -0.620. The fourth-order valence-electron chi connectivity index (χ4n) is 2.88. The Labute approximate surface area is 94.9 Å². The van der Waals surface area contributed by atoms with Gasteiger partial charge in [-0.25, -0.2) is 8.42 Å². The van der Waals surface area contributed by atoms with Gasteiger partial charge in [-0.3, -0.25) is 4.79 Å². The van der Waals surface area contributed by atoms with Crippen molar-refractivity contribution in [2.75, 3.05) is 12.4 Å². The lowest BCUT2D eigenvalue weighted by Crippen LogP contribution is -2.25. The maximum Gasteiger partial charge on any atom is 0.309 e. The zero-order valence-electron chi connectivity index (χ0n) is 8.92. The molecule has 6 heteroatoms. The average Bonchev–Trinajstić information content (AvgIpc) is 2.76. The first kappa shape index (κ1) is 11.9. The zero-order valence-corrected chi connectivity index (χ0v) is 9.74. The molecule has 0 aromatic rings. The predicted octanol–water partition coefficient (Wildman–Crippen LogP) is 0.511. The van der Waals surface area contributed by atoms with Gasteiger partial charge in [0.2, 0.25) is 0 Å². The molecule has 0 N–H and O–H groups in total. The van der Waals surface area contributed by atoms with Gasteiger partial charge in [0, 0.05) is 0 Å². The number of hydrogen-bond acceptors (Lipinski definition) is 5. The van der Waals surface area contributed by atoms with E-state index in [9.17, 15) is 17.8 Å². The number of carbonyl (C=O) groups excluding carboxylic acids is 1. The maximum atomic E-state index is 11.6. The summed E-state index contributed by atoms with van der Waals surface area (Å²) in [6.07, 6.45) is 4.24. The SMILES string of the molecule is O=C(OCCS(=O)(=O)[O-])C1CC2CCC1C2. The molecule has 0 heterocycles. The van der Waals surface area contributed by atoms with Crippen LogP contribution in [-0.2, 0) is 19.6 Å². The fraction of sp³-hybridized carbons (Fsp3) is 0.900. The number of fused-ring (bicyclic) bond motifs is 2. The average molecular weight is 247 g/mol. The Morgan fingerprint density at radius 1 is 1.31 bits per heavy atom. The third-order valence-electron chi connectivity index (χ3n) is 3.62. The van der Waals surface area contributed by atoms with Gasteiger partial charge in [-0.15, -0.1) is 0 Å². The molecule has 16 heavy (non-hydrogen) atoms. The molecule has 2 saturated carbocycles. The molecule has 0 spiro atoms. The van der Waals surface area contributed by atoms with Crippen LogP contribution >= 0.6 is 0 Å². The van der Waals surface area contributed by atoms with Crippen molar-refractivity contribution in [1.82, 2.24) is 0 Å². The largest absolute Gasteiger partial charge is 0.748 e. The molecule has 0 aromatic carbocycles. The van der Waals surface area contributed by atoms with Crippen LogP contribution in [0.25, 0.3) is 0 Å². The molecule has 2 aliphatic carbocycles. The molecule has 2 rings (SSSR count). The van der Waals surface area contributed by atoms with Crippen LogP contribution < -0.4 is 0 Å². The molecular formula is C10H15O5S-. The van der Waals surface area contributed by atoms with E-state index in [4.69, 9.17) is 4.74 Å². The Morgan fingerprint density at radius 3 is 2.56 bits per heavy atom. The second-order valence-corrected chi connectivity index (χ2v) is 6.23. The minimum atomic E-state index is -4.28. The highest BCUT2D eigenvalue weighted by Crippen LogP contribution is 2.48. The van der Waals surface area contributed by atoms with E-state index in [2.05, 4.69) is 0 Å². The van der Waals surface area contributed by atoms with E-state index in [0.717, 1.165) is 19.3 Å². The summed E-state index contributed by atoms with van der Waals surface area (Å²) in [6.45, 7) is -0.307. The topological polar surface area (TPSA) is 83.5 Å². The molecular weight excluding hydrogens is 232 g/mol. The smallest absolute Gasteiger partial charge is 0.309 e. The van der Waals surface area contributed by atoms with Crippen LogP contribution in [0.15, 0.2) is 0 Å². The van der Waals surface area contributed by atoms with Crippen LogP contribution in [-0.4, -0.2) is 31.3 Å². The molecule has 0 aliphatic heterocycles. The highest BCUT2D eigenvalue weighted by molar-refractivity contribution is 7.85. The van der Waals surface area contributed by atoms with Crippen molar-refractivity contribution in [2.45, 2.75) is 25.7 Å². The minimum Gasteiger partial charge on any atom is -0.748 e. The number of ether oxygens (including phenoxy) is 1. The lowest BCUT2D eigenvalue weighted by atomic mass is 9.89. The van der Waals surface area contributed by atoms with Crippen LogP contribution in [0.1, 0.15) is 25.7 Å². The normalized spacial score (nSPS) is 32.9. The second kappa shape index (κ2) is 4.33. The summed E-state index contributed by atoms with van der Waals surface area (Å²) in [5.41, 5.74) is 0. The Bertz CT molecular complexity index is 375. The predicted molar refractivity (Wildman–Crippen MR) is 54.5 cm³/mol. The molecule has 0 saturated heterocycles. The quantitative estimate of drug-likeness (QED) is 0.534.